The fraction of sp³-hybridized carbons (Fsp3) is 0.200. The van der Waals surface area contributed by atoms with E-state index in [4.69, 9.17) is 5.73 Å². The van der Waals surface area contributed by atoms with Crippen LogP contribution < -0.4 is 5.73 Å². The first-order valence-electron chi connectivity index (χ1n) is 6.30. The van der Waals surface area contributed by atoms with Crippen molar-refractivity contribution < 1.29 is 9.59 Å². The standard InChI is InChI=1S/C15H15N3O2/c1-8-10-5-4-6-11(16)14(10)15(20)18(8)12-7-13(19)17(3)9(12)2/h4-6,12H,1-2,7,16H2,3H3. The molecule has 1 aromatic carbocycles. The number of benzene rings is 1. The third-order valence-corrected chi connectivity index (χ3v) is 4.00. The molecule has 1 unspecified atom stereocenters. The summed E-state index contributed by atoms with van der Waals surface area (Å²) in [5.41, 5.74) is 8.69. The number of nitrogens with zero attached hydrogens (tertiary/aromatic N) is 2. The van der Waals surface area contributed by atoms with Crippen LogP contribution in [0.4, 0.5) is 5.69 Å². The molecular weight excluding hydrogens is 254 g/mol. The average Bonchev–Trinajstić information content (AvgIpc) is 2.81. The second-order valence-electron chi connectivity index (χ2n) is 5.06. The minimum absolute atomic E-state index is 0.0514. The van der Waals surface area contributed by atoms with Crippen LogP contribution in [0.15, 0.2) is 37.1 Å². The molecular formula is C15H15N3O2. The molecule has 2 amide bonds. The van der Waals surface area contributed by atoms with Crippen molar-refractivity contribution in [3.05, 3.63) is 48.2 Å². The largest absolute Gasteiger partial charge is 0.398 e. The van der Waals surface area contributed by atoms with Crippen molar-refractivity contribution in [1.29, 1.82) is 0 Å². The number of amides is 2. The zero-order valence-electron chi connectivity index (χ0n) is 11.2. The number of nitrogens with two attached hydrogens (primary N) is 1. The molecule has 0 aromatic heterocycles. The first-order valence-corrected chi connectivity index (χ1v) is 6.30. The smallest absolute Gasteiger partial charge is 0.261 e. The summed E-state index contributed by atoms with van der Waals surface area (Å²) in [5.74, 6) is -0.262. The number of carbonyl (C=O) groups is 2. The number of anilines is 1. The summed E-state index contributed by atoms with van der Waals surface area (Å²) in [6.07, 6.45) is 0.230. The van der Waals surface area contributed by atoms with Crippen LogP contribution in [0.5, 0.6) is 0 Å². The Morgan fingerprint density at radius 1 is 1.30 bits per heavy atom. The van der Waals surface area contributed by atoms with Crippen molar-refractivity contribution in [2.24, 2.45) is 0 Å². The Labute approximate surface area is 117 Å². The van der Waals surface area contributed by atoms with Gasteiger partial charge in [0, 0.05) is 29.7 Å². The summed E-state index contributed by atoms with van der Waals surface area (Å²) < 4.78 is 0. The van der Waals surface area contributed by atoms with Crippen molar-refractivity contribution in [2.75, 3.05) is 12.8 Å². The maximum absolute atomic E-state index is 12.6. The van der Waals surface area contributed by atoms with Gasteiger partial charge in [0.25, 0.3) is 5.91 Å². The molecule has 0 aliphatic carbocycles. The molecule has 5 heteroatoms. The topological polar surface area (TPSA) is 66.6 Å². The van der Waals surface area contributed by atoms with Crippen molar-refractivity contribution in [1.82, 2.24) is 9.80 Å². The fourth-order valence-electron chi connectivity index (χ4n) is 2.80. The van der Waals surface area contributed by atoms with Crippen LogP contribution in [0.25, 0.3) is 5.70 Å². The lowest BCUT2D eigenvalue weighted by Crippen LogP contribution is -2.34. The second-order valence-corrected chi connectivity index (χ2v) is 5.06. The van der Waals surface area contributed by atoms with Gasteiger partial charge in [0.15, 0.2) is 0 Å². The zero-order chi connectivity index (χ0) is 14.6. The molecule has 2 heterocycles. The summed E-state index contributed by atoms with van der Waals surface area (Å²) >= 11 is 0. The lowest BCUT2D eigenvalue weighted by atomic mass is 10.1. The van der Waals surface area contributed by atoms with Crippen LogP contribution in [0.3, 0.4) is 0 Å². The van der Waals surface area contributed by atoms with Gasteiger partial charge in [0.05, 0.1) is 18.0 Å². The van der Waals surface area contributed by atoms with Gasteiger partial charge in [-0.2, -0.15) is 0 Å². The van der Waals surface area contributed by atoms with Gasteiger partial charge in [-0.25, -0.2) is 0 Å². The molecule has 1 saturated heterocycles. The molecule has 5 nitrogen and oxygen atoms in total. The summed E-state index contributed by atoms with van der Waals surface area (Å²) in [6, 6.07) is 4.92. The second kappa shape index (κ2) is 3.96. The summed E-state index contributed by atoms with van der Waals surface area (Å²) in [6.45, 7) is 7.88. The quantitative estimate of drug-likeness (QED) is 0.784. The predicted molar refractivity (Wildman–Crippen MR) is 76.4 cm³/mol. The lowest BCUT2D eigenvalue weighted by Gasteiger charge is -2.25. The van der Waals surface area contributed by atoms with Crippen LogP contribution in [0.2, 0.25) is 0 Å². The predicted octanol–water partition coefficient (Wildman–Crippen LogP) is 1.44. The molecule has 0 spiro atoms. The van der Waals surface area contributed by atoms with Crippen molar-refractivity contribution in [2.45, 2.75) is 12.5 Å². The van der Waals surface area contributed by atoms with E-state index in [0.29, 0.717) is 22.6 Å². The van der Waals surface area contributed by atoms with Crippen molar-refractivity contribution >= 4 is 23.2 Å². The first kappa shape index (κ1) is 12.5. The highest BCUT2D eigenvalue weighted by Crippen LogP contribution is 2.40. The van der Waals surface area contributed by atoms with E-state index in [9.17, 15) is 9.59 Å². The molecule has 1 aromatic rings. The molecule has 2 aliphatic heterocycles. The van der Waals surface area contributed by atoms with Crippen molar-refractivity contribution in [3.8, 4) is 0 Å². The van der Waals surface area contributed by atoms with E-state index in [0.717, 1.165) is 5.56 Å². The van der Waals surface area contributed by atoms with Gasteiger partial charge in [0.1, 0.15) is 0 Å². The Bertz CT molecular complexity index is 678. The van der Waals surface area contributed by atoms with Crippen LogP contribution in [0.1, 0.15) is 22.3 Å². The number of carbonyl (C=O) groups excluding carboxylic acids is 2. The first-order chi connectivity index (χ1) is 9.43. The molecule has 2 N–H and O–H groups in total. The number of fused-ring (bicyclic) bond motifs is 1. The fourth-order valence-corrected chi connectivity index (χ4v) is 2.80. The van der Waals surface area contributed by atoms with E-state index < -0.39 is 0 Å². The van der Waals surface area contributed by atoms with Gasteiger partial charge < -0.3 is 10.6 Å². The Morgan fingerprint density at radius 2 is 2.00 bits per heavy atom. The molecule has 1 fully saturated rings. The van der Waals surface area contributed by atoms with Gasteiger partial charge in [-0.1, -0.05) is 25.3 Å². The van der Waals surface area contributed by atoms with E-state index in [-0.39, 0.29) is 24.3 Å². The number of nitrogen functional groups attached to an aromatic ring is 1. The van der Waals surface area contributed by atoms with Crippen molar-refractivity contribution in [3.63, 3.8) is 0 Å². The number of rotatable bonds is 1. The molecule has 3 rings (SSSR count). The Morgan fingerprint density at radius 3 is 2.55 bits per heavy atom. The van der Waals surface area contributed by atoms with E-state index in [1.165, 1.54) is 9.80 Å². The minimum Gasteiger partial charge on any atom is -0.398 e. The van der Waals surface area contributed by atoms with Crippen LogP contribution in [-0.2, 0) is 4.79 Å². The molecule has 1 atom stereocenters. The SMILES string of the molecule is C=C1C(N2C(=C)c3cccc(N)c3C2=O)CC(=O)N1C. The average molecular weight is 269 g/mol. The Balaban J connectivity index is 2.05. The highest BCUT2D eigenvalue weighted by molar-refractivity contribution is 6.13. The van der Waals surface area contributed by atoms with Crippen LogP contribution in [0, 0.1) is 0 Å². The number of likely N-dealkylation sites (N-methyl/N-ethyl adjacent to an activating group) is 1. The number of hydrogen-bond acceptors (Lipinski definition) is 3. The van der Waals surface area contributed by atoms with Gasteiger partial charge >= 0.3 is 0 Å². The third kappa shape index (κ3) is 1.43. The number of likely N-dealkylation sites (tertiary alicyclic amines) is 1. The molecule has 0 saturated carbocycles. The normalized spacial score (nSPS) is 21.9. The molecule has 102 valence electrons. The molecule has 20 heavy (non-hydrogen) atoms. The van der Waals surface area contributed by atoms with Crippen LogP contribution in [-0.4, -0.2) is 34.7 Å². The molecule has 0 radical (unpaired) electrons. The minimum atomic E-state index is -0.376. The van der Waals surface area contributed by atoms with E-state index >= 15 is 0 Å². The molecule has 2 aliphatic rings. The monoisotopic (exact) mass is 269 g/mol. The Kier molecular flexibility index (Phi) is 2.47. The molecule has 0 bridgehead atoms. The highest BCUT2D eigenvalue weighted by atomic mass is 16.2. The van der Waals surface area contributed by atoms with E-state index in [2.05, 4.69) is 13.2 Å². The lowest BCUT2D eigenvalue weighted by molar-refractivity contribution is -0.125. The van der Waals surface area contributed by atoms with Gasteiger partial charge in [-0.3, -0.25) is 14.5 Å². The maximum atomic E-state index is 12.6. The third-order valence-electron chi connectivity index (χ3n) is 4.00. The van der Waals surface area contributed by atoms with E-state index in [1.54, 1.807) is 19.2 Å². The highest BCUT2D eigenvalue weighted by Gasteiger charge is 2.43. The summed E-state index contributed by atoms with van der Waals surface area (Å²) in [4.78, 5) is 27.4. The summed E-state index contributed by atoms with van der Waals surface area (Å²) in [7, 11) is 1.66. The zero-order valence-corrected chi connectivity index (χ0v) is 11.2. The maximum Gasteiger partial charge on any atom is 0.261 e. The van der Waals surface area contributed by atoms with Gasteiger partial charge in [0.2, 0.25) is 5.91 Å². The Hall–Kier alpha value is -2.56. The van der Waals surface area contributed by atoms with Gasteiger partial charge in [-0.05, 0) is 6.07 Å². The van der Waals surface area contributed by atoms with Crippen LogP contribution >= 0.6 is 0 Å². The summed E-state index contributed by atoms with van der Waals surface area (Å²) in [5, 5.41) is 0. The number of hydrogen-bond donors (Lipinski definition) is 1. The van der Waals surface area contributed by atoms with E-state index in [1.807, 2.05) is 6.07 Å². The van der Waals surface area contributed by atoms with Gasteiger partial charge in [-0.15, -0.1) is 0 Å².